The van der Waals surface area contributed by atoms with E-state index in [-0.39, 0.29) is 0 Å². The van der Waals surface area contributed by atoms with E-state index < -0.39 is 0 Å². The SMILES string of the molecule is N#Cc1cc(Br)ccc1OCc1cc(Br)cs1. The van der Waals surface area contributed by atoms with Gasteiger partial charge in [0.1, 0.15) is 18.4 Å². The molecule has 1 heterocycles. The van der Waals surface area contributed by atoms with E-state index in [2.05, 4.69) is 37.9 Å². The molecular weight excluding hydrogens is 366 g/mol. The first-order chi connectivity index (χ1) is 8.19. The van der Waals surface area contributed by atoms with Crippen molar-refractivity contribution in [2.75, 3.05) is 0 Å². The lowest BCUT2D eigenvalue weighted by molar-refractivity contribution is 0.309. The lowest BCUT2D eigenvalue weighted by Crippen LogP contribution is -1.95. The van der Waals surface area contributed by atoms with Crippen LogP contribution in [0, 0.1) is 11.3 Å². The van der Waals surface area contributed by atoms with Gasteiger partial charge in [-0.25, -0.2) is 0 Å². The van der Waals surface area contributed by atoms with E-state index in [1.54, 1.807) is 23.5 Å². The molecule has 0 spiro atoms. The zero-order valence-electron chi connectivity index (χ0n) is 8.61. The van der Waals surface area contributed by atoms with Crippen molar-refractivity contribution in [1.29, 1.82) is 5.26 Å². The molecule has 0 fully saturated rings. The van der Waals surface area contributed by atoms with Crippen LogP contribution in [0.2, 0.25) is 0 Å². The Morgan fingerprint density at radius 3 is 2.71 bits per heavy atom. The summed E-state index contributed by atoms with van der Waals surface area (Å²) in [6.45, 7) is 0.479. The Morgan fingerprint density at radius 2 is 2.06 bits per heavy atom. The largest absolute Gasteiger partial charge is 0.487 e. The summed E-state index contributed by atoms with van der Waals surface area (Å²) in [6, 6.07) is 9.53. The Morgan fingerprint density at radius 1 is 1.24 bits per heavy atom. The minimum Gasteiger partial charge on any atom is -0.487 e. The predicted octanol–water partition coefficient (Wildman–Crippen LogP) is 4.72. The maximum atomic E-state index is 8.99. The fourth-order valence-corrected chi connectivity index (χ4v) is 3.02. The monoisotopic (exact) mass is 371 g/mol. The summed E-state index contributed by atoms with van der Waals surface area (Å²) in [7, 11) is 0. The Bertz CT molecular complexity index is 574. The van der Waals surface area contributed by atoms with Gasteiger partial charge >= 0.3 is 0 Å². The summed E-state index contributed by atoms with van der Waals surface area (Å²) in [4.78, 5) is 1.11. The predicted molar refractivity (Wildman–Crippen MR) is 75.2 cm³/mol. The summed E-state index contributed by atoms with van der Waals surface area (Å²) < 4.78 is 7.56. The van der Waals surface area contributed by atoms with Crippen LogP contribution in [0.1, 0.15) is 10.4 Å². The fraction of sp³-hybridized carbons (Fsp3) is 0.0833. The molecule has 86 valence electrons. The van der Waals surface area contributed by atoms with E-state index in [1.165, 1.54) is 0 Å². The van der Waals surface area contributed by atoms with Gasteiger partial charge in [-0.3, -0.25) is 0 Å². The van der Waals surface area contributed by atoms with Crippen molar-refractivity contribution in [3.8, 4) is 11.8 Å². The highest BCUT2D eigenvalue weighted by atomic mass is 79.9. The molecule has 0 saturated carbocycles. The van der Waals surface area contributed by atoms with Crippen LogP contribution in [-0.4, -0.2) is 0 Å². The molecule has 1 aromatic carbocycles. The molecular formula is C12H7Br2NOS. The molecule has 0 N–H and O–H groups in total. The molecule has 5 heteroatoms. The average molecular weight is 373 g/mol. The van der Waals surface area contributed by atoms with Gasteiger partial charge in [-0.15, -0.1) is 11.3 Å². The van der Waals surface area contributed by atoms with Gasteiger partial charge in [0.05, 0.1) is 5.56 Å². The van der Waals surface area contributed by atoms with E-state index in [4.69, 9.17) is 10.00 Å². The van der Waals surface area contributed by atoms with Gasteiger partial charge < -0.3 is 4.74 Å². The first-order valence-electron chi connectivity index (χ1n) is 4.74. The van der Waals surface area contributed by atoms with Crippen molar-refractivity contribution in [2.24, 2.45) is 0 Å². The van der Waals surface area contributed by atoms with Crippen LogP contribution in [0.3, 0.4) is 0 Å². The minimum absolute atomic E-state index is 0.479. The van der Waals surface area contributed by atoms with Gasteiger partial charge in [0.25, 0.3) is 0 Å². The molecule has 2 aromatic rings. The standard InChI is InChI=1S/C12H7Br2NOS/c13-9-1-2-12(8(3-9)5-15)16-6-11-4-10(14)7-17-11/h1-4,7H,6H2. The first-order valence-corrected chi connectivity index (χ1v) is 7.21. The first kappa shape index (κ1) is 12.6. The lowest BCUT2D eigenvalue weighted by atomic mass is 10.2. The van der Waals surface area contributed by atoms with Crippen LogP contribution >= 0.6 is 43.2 Å². The van der Waals surface area contributed by atoms with Gasteiger partial charge in [-0.1, -0.05) is 15.9 Å². The number of halogens is 2. The third kappa shape index (κ3) is 3.32. The van der Waals surface area contributed by atoms with E-state index in [9.17, 15) is 0 Å². The zero-order chi connectivity index (χ0) is 12.3. The minimum atomic E-state index is 0.479. The van der Waals surface area contributed by atoms with Crippen molar-refractivity contribution in [2.45, 2.75) is 6.61 Å². The van der Waals surface area contributed by atoms with Crippen LogP contribution in [0.25, 0.3) is 0 Å². The molecule has 0 bridgehead atoms. The molecule has 2 nitrogen and oxygen atoms in total. The quantitative estimate of drug-likeness (QED) is 0.780. The molecule has 0 aliphatic rings. The average Bonchev–Trinajstić information content (AvgIpc) is 2.73. The molecule has 17 heavy (non-hydrogen) atoms. The van der Waals surface area contributed by atoms with Crippen molar-refractivity contribution >= 4 is 43.2 Å². The number of nitriles is 1. The number of nitrogens with zero attached hydrogens (tertiary/aromatic N) is 1. The molecule has 1 aromatic heterocycles. The highest BCUT2D eigenvalue weighted by Crippen LogP contribution is 2.25. The Balaban J connectivity index is 2.12. The van der Waals surface area contributed by atoms with Gasteiger partial charge in [-0.05, 0) is 40.2 Å². The topological polar surface area (TPSA) is 33.0 Å². The molecule has 0 radical (unpaired) electrons. The van der Waals surface area contributed by atoms with Crippen molar-refractivity contribution in [3.63, 3.8) is 0 Å². The summed E-state index contributed by atoms with van der Waals surface area (Å²) in [5.74, 6) is 0.611. The summed E-state index contributed by atoms with van der Waals surface area (Å²) in [6.07, 6.45) is 0. The van der Waals surface area contributed by atoms with Crippen LogP contribution in [0.4, 0.5) is 0 Å². The van der Waals surface area contributed by atoms with Crippen LogP contribution in [-0.2, 0) is 6.61 Å². The maximum absolute atomic E-state index is 8.99. The van der Waals surface area contributed by atoms with E-state index in [0.29, 0.717) is 17.9 Å². The third-order valence-corrected chi connectivity index (χ3v) is 4.22. The summed E-state index contributed by atoms with van der Waals surface area (Å²) >= 11 is 8.34. The molecule has 0 saturated heterocycles. The third-order valence-electron chi connectivity index (χ3n) is 2.05. The summed E-state index contributed by atoms with van der Waals surface area (Å²) in [5, 5.41) is 11.0. The zero-order valence-corrected chi connectivity index (χ0v) is 12.6. The number of rotatable bonds is 3. The van der Waals surface area contributed by atoms with Crippen molar-refractivity contribution in [1.82, 2.24) is 0 Å². The number of hydrogen-bond donors (Lipinski definition) is 0. The molecule has 0 amide bonds. The number of hydrogen-bond acceptors (Lipinski definition) is 3. The Kier molecular flexibility index (Phi) is 4.21. The van der Waals surface area contributed by atoms with E-state index >= 15 is 0 Å². The Hall–Kier alpha value is -0.830. The van der Waals surface area contributed by atoms with Crippen LogP contribution in [0.15, 0.2) is 38.6 Å². The van der Waals surface area contributed by atoms with E-state index in [0.717, 1.165) is 13.8 Å². The van der Waals surface area contributed by atoms with E-state index in [1.807, 2.05) is 17.5 Å². The fourth-order valence-electron chi connectivity index (χ4n) is 1.29. The van der Waals surface area contributed by atoms with Gasteiger partial charge in [0.2, 0.25) is 0 Å². The molecule has 2 rings (SSSR count). The second-order valence-corrected chi connectivity index (χ2v) is 6.10. The molecule has 0 atom stereocenters. The maximum Gasteiger partial charge on any atom is 0.137 e. The van der Waals surface area contributed by atoms with Gasteiger partial charge in [0.15, 0.2) is 0 Å². The van der Waals surface area contributed by atoms with Crippen molar-refractivity contribution < 1.29 is 4.74 Å². The number of benzene rings is 1. The molecule has 0 aliphatic heterocycles. The van der Waals surface area contributed by atoms with Gasteiger partial charge in [-0.2, -0.15) is 5.26 Å². The van der Waals surface area contributed by atoms with Gasteiger partial charge in [0, 0.05) is 19.2 Å². The highest BCUT2D eigenvalue weighted by molar-refractivity contribution is 9.10. The summed E-state index contributed by atoms with van der Waals surface area (Å²) in [5.41, 5.74) is 0.537. The Labute approximate surface area is 120 Å². The lowest BCUT2D eigenvalue weighted by Gasteiger charge is -2.06. The van der Waals surface area contributed by atoms with Crippen molar-refractivity contribution in [3.05, 3.63) is 49.0 Å². The van der Waals surface area contributed by atoms with Crippen LogP contribution < -0.4 is 4.74 Å². The van der Waals surface area contributed by atoms with Crippen LogP contribution in [0.5, 0.6) is 5.75 Å². The normalized spacial score (nSPS) is 9.94. The molecule has 0 aliphatic carbocycles. The molecule has 0 unspecified atom stereocenters. The second-order valence-electron chi connectivity index (χ2n) is 3.27. The second kappa shape index (κ2) is 5.67. The highest BCUT2D eigenvalue weighted by Gasteiger charge is 2.05. The number of ether oxygens (including phenoxy) is 1. The smallest absolute Gasteiger partial charge is 0.137 e. The number of thiophene rings is 1.